The maximum absolute atomic E-state index is 13.3. The maximum atomic E-state index is 13.3. The molecule has 1 aliphatic rings. The fourth-order valence-electron chi connectivity index (χ4n) is 5.15. The molecule has 0 heterocycles. The standard InChI is InChI=1S/C33H39N3O2/c1-24-14-16-26(17-15-24)23-35-33(38)32(20-21-34-25(2)37)36(3)22-8-13-31-29-11-6-4-9-27(29)18-19-28-10-5-7-12-30(28)31/h4-7,9-17,32H,8,18-23H2,1-3H3,(H,34,37)(H,35,38). The Kier molecular flexibility index (Phi) is 9.50. The largest absolute Gasteiger partial charge is 0.356 e. The number of amides is 2. The molecular weight excluding hydrogens is 470 g/mol. The molecule has 0 saturated heterocycles. The highest BCUT2D eigenvalue weighted by Gasteiger charge is 2.23. The third-order valence-corrected chi connectivity index (χ3v) is 7.32. The van der Waals surface area contributed by atoms with E-state index in [2.05, 4.69) is 89.2 Å². The highest BCUT2D eigenvalue weighted by Crippen LogP contribution is 2.33. The second kappa shape index (κ2) is 13.2. The third-order valence-electron chi connectivity index (χ3n) is 7.32. The van der Waals surface area contributed by atoms with Crippen LogP contribution >= 0.6 is 0 Å². The number of carbonyl (C=O) groups excluding carboxylic acids is 2. The molecule has 3 aromatic rings. The fraction of sp³-hybridized carbons (Fsp3) is 0.333. The van der Waals surface area contributed by atoms with E-state index >= 15 is 0 Å². The van der Waals surface area contributed by atoms with Crippen LogP contribution in [0.15, 0.2) is 78.9 Å². The zero-order chi connectivity index (χ0) is 26.9. The zero-order valence-corrected chi connectivity index (χ0v) is 22.8. The molecule has 38 heavy (non-hydrogen) atoms. The van der Waals surface area contributed by atoms with Crippen molar-refractivity contribution in [3.63, 3.8) is 0 Å². The van der Waals surface area contributed by atoms with E-state index in [1.165, 1.54) is 40.3 Å². The van der Waals surface area contributed by atoms with E-state index in [-0.39, 0.29) is 17.9 Å². The Hall–Kier alpha value is -3.70. The second-order valence-corrected chi connectivity index (χ2v) is 10.2. The number of hydrogen-bond donors (Lipinski definition) is 2. The lowest BCUT2D eigenvalue weighted by molar-refractivity contribution is -0.127. The Morgan fingerprint density at radius 2 is 1.50 bits per heavy atom. The van der Waals surface area contributed by atoms with Gasteiger partial charge in [0, 0.05) is 26.6 Å². The van der Waals surface area contributed by atoms with Crippen LogP contribution in [-0.4, -0.2) is 42.9 Å². The molecule has 2 amide bonds. The summed E-state index contributed by atoms with van der Waals surface area (Å²) in [4.78, 5) is 26.8. The van der Waals surface area contributed by atoms with Crippen LogP contribution in [0.2, 0.25) is 0 Å². The van der Waals surface area contributed by atoms with E-state index in [9.17, 15) is 9.59 Å². The van der Waals surface area contributed by atoms with Crippen molar-refractivity contribution in [2.45, 2.75) is 52.1 Å². The van der Waals surface area contributed by atoms with Gasteiger partial charge in [-0.2, -0.15) is 0 Å². The first kappa shape index (κ1) is 27.3. The van der Waals surface area contributed by atoms with Gasteiger partial charge in [-0.15, -0.1) is 0 Å². The monoisotopic (exact) mass is 509 g/mol. The third kappa shape index (κ3) is 7.20. The van der Waals surface area contributed by atoms with Crippen LogP contribution in [0.25, 0.3) is 5.57 Å². The first-order valence-electron chi connectivity index (χ1n) is 13.6. The van der Waals surface area contributed by atoms with Crippen molar-refractivity contribution in [2.75, 3.05) is 20.1 Å². The number of nitrogens with zero attached hydrogens (tertiary/aromatic N) is 1. The van der Waals surface area contributed by atoms with Gasteiger partial charge < -0.3 is 10.6 Å². The molecule has 0 fully saturated rings. The molecule has 1 unspecified atom stereocenters. The van der Waals surface area contributed by atoms with Crippen molar-refractivity contribution >= 4 is 17.4 Å². The van der Waals surface area contributed by atoms with Crippen molar-refractivity contribution in [3.05, 3.63) is 112 Å². The summed E-state index contributed by atoms with van der Waals surface area (Å²) >= 11 is 0. The molecule has 2 N–H and O–H groups in total. The van der Waals surface area contributed by atoms with Gasteiger partial charge in [0.25, 0.3) is 0 Å². The number of nitrogens with one attached hydrogen (secondary N) is 2. The van der Waals surface area contributed by atoms with Crippen molar-refractivity contribution in [1.29, 1.82) is 0 Å². The number of fused-ring (bicyclic) bond motifs is 2. The average Bonchev–Trinajstić information content (AvgIpc) is 3.07. The second-order valence-electron chi connectivity index (χ2n) is 10.2. The first-order chi connectivity index (χ1) is 18.4. The Bertz CT molecular complexity index is 1230. The molecule has 0 aliphatic heterocycles. The normalized spacial score (nSPS) is 13.2. The lowest BCUT2D eigenvalue weighted by Crippen LogP contribution is -2.46. The summed E-state index contributed by atoms with van der Waals surface area (Å²) in [5.74, 6) is -0.0990. The van der Waals surface area contributed by atoms with E-state index in [4.69, 9.17) is 0 Å². The van der Waals surface area contributed by atoms with Gasteiger partial charge in [-0.25, -0.2) is 0 Å². The molecule has 5 heteroatoms. The number of rotatable bonds is 10. The maximum Gasteiger partial charge on any atom is 0.237 e. The van der Waals surface area contributed by atoms with E-state index in [0.717, 1.165) is 31.4 Å². The van der Waals surface area contributed by atoms with Crippen LogP contribution in [-0.2, 0) is 29.0 Å². The van der Waals surface area contributed by atoms with Crippen LogP contribution in [0, 0.1) is 6.92 Å². The lowest BCUT2D eigenvalue weighted by atomic mass is 9.93. The topological polar surface area (TPSA) is 61.4 Å². The first-order valence-corrected chi connectivity index (χ1v) is 13.6. The molecule has 5 nitrogen and oxygen atoms in total. The number of carbonyl (C=O) groups is 2. The Morgan fingerprint density at radius 3 is 2.11 bits per heavy atom. The molecule has 0 bridgehead atoms. The van der Waals surface area contributed by atoms with Gasteiger partial charge in [0.15, 0.2) is 0 Å². The minimum atomic E-state index is -0.334. The molecular formula is C33H39N3O2. The van der Waals surface area contributed by atoms with E-state index in [1.807, 2.05) is 19.2 Å². The van der Waals surface area contributed by atoms with Crippen LogP contribution in [0.3, 0.4) is 0 Å². The summed E-state index contributed by atoms with van der Waals surface area (Å²) in [7, 11) is 2.00. The van der Waals surface area contributed by atoms with Gasteiger partial charge in [-0.05, 0) is 73.0 Å². The quantitative estimate of drug-likeness (QED) is 0.402. The highest BCUT2D eigenvalue weighted by molar-refractivity contribution is 5.84. The molecule has 1 aliphatic carbocycles. The molecule has 198 valence electrons. The SMILES string of the molecule is CC(=O)NCCC(C(=O)NCc1ccc(C)cc1)N(C)CCC=C1c2ccccc2CCc2ccccc21. The van der Waals surface area contributed by atoms with Crippen molar-refractivity contribution in [2.24, 2.45) is 0 Å². The van der Waals surface area contributed by atoms with E-state index in [0.29, 0.717) is 19.5 Å². The Morgan fingerprint density at radius 1 is 0.895 bits per heavy atom. The summed E-state index contributed by atoms with van der Waals surface area (Å²) in [5, 5.41) is 5.95. The number of hydrogen-bond acceptors (Lipinski definition) is 3. The van der Waals surface area contributed by atoms with Crippen molar-refractivity contribution < 1.29 is 9.59 Å². The molecule has 0 spiro atoms. The minimum Gasteiger partial charge on any atom is -0.356 e. The smallest absolute Gasteiger partial charge is 0.237 e. The van der Waals surface area contributed by atoms with Gasteiger partial charge in [-0.1, -0.05) is 84.4 Å². The van der Waals surface area contributed by atoms with Crippen molar-refractivity contribution in [1.82, 2.24) is 15.5 Å². The summed E-state index contributed by atoms with van der Waals surface area (Å²) < 4.78 is 0. The lowest BCUT2D eigenvalue weighted by Gasteiger charge is -2.27. The molecule has 0 radical (unpaired) electrons. The molecule has 1 atom stereocenters. The van der Waals surface area contributed by atoms with Crippen molar-refractivity contribution in [3.8, 4) is 0 Å². The molecule has 0 aromatic heterocycles. The highest BCUT2D eigenvalue weighted by atomic mass is 16.2. The van der Waals surface area contributed by atoms with Gasteiger partial charge in [0.05, 0.1) is 6.04 Å². The van der Waals surface area contributed by atoms with Gasteiger partial charge in [0.1, 0.15) is 0 Å². The van der Waals surface area contributed by atoms with Gasteiger partial charge >= 0.3 is 0 Å². The Balaban J connectivity index is 1.47. The molecule has 3 aromatic carbocycles. The van der Waals surface area contributed by atoms with Crippen LogP contribution in [0.1, 0.15) is 53.1 Å². The predicted octanol–water partition coefficient (Wildman–Crippen LogP) is 5.06. The number of likely N-dealkylation sites (N-methyl/N-ethyl adjacent to an activating group) is 1. The van der Waals surface area contributed by atoms with Crippen LogP contribution < -0.4 is 10.6 Å². The van der Waals surface area contributed by atoms with E-state index < -0.39 is 0 Å². The Labute approximate surface area is 227 Å². The fourth-order valence-corrected chi connectivity index (χ4v) is 5.15. The molecule has 0 saturated carbocycles. The zero-order valence-electron chi connectivity index (χ0n) is 22.8. The van der Waals surface area contributed by atoms with Crippen LogP contribution in [0.4, 0.5) is 0 Å². The molecule has 4 rings (SSSR count). The summed E-state index contributed by atoms with van der Waals surface area (Å²) in [6, 6.07) is 25.2. The summed E-state index contributed by atoms with van der Waals surface area (Å²) in [6.07, 6.45) is 5.77. The van der Waals surface area contributed by atoms with Crippen LogP contribution in [0.5, 0.6) is 0 Å². The predicted molar refractivity (Wildman–Crippen MR) is 155 cm³/mol. The van der Waals surface area contributed by atoms with E-state index in [1.54, 1.807) is 0 Å². The summed E-state index contributed by atoms with van der Waals surface area (Å²) in [5.41, 5.74) is 8.92. The number of aryl methyl sites for hydroxylation is 3. The van der Waals surface area contributed by atoms with Gasteiger partial charge in [0.2, 0.25) is 11.8 Å². The average molecular weight is 510 g/mol. The summed E-state index contributed by atoms with van der Waals surface area (Å²) in [6.45, 7) is 5.24. The minimum absolute atomic E-state index is 0.0174. The van der Waals surface area contributed by atoms with Gasteiger partial charge in [-0.3, -0.25) is 14.5 Å². The number of benzene rings is 3.